The van der Waals surface area contributed by atoms with E-state index in [0.29, 0.717) is 26.4 Å². The number of carbonyl (C=O) groups excluding carboxylic acids is 1. The Morgan fingerprint density at radius 2 is 2.31 bits per heavy atom. The van der Waals surface area contributed by atoms with Gasteiger partial charge in [0.15, 0.2) is 0 Å². The minimum Gasteiger partial charge on any atom is -0.377 e. The van der Waals surface area contributed by atoms with Gasteiger partial charge in [-0.2, -0.15) is 0 Å². The minimum atomic E-state index is 0.0667. The Bertz CT molecular complexity index is 221. The average Bonchev–Trinajstić information content (AvgIpc) is 2.26. The predicted molar refractivity (Wildman–Crippen MR) is 61.4 cm³/mol. The molecule has 1 unspecified atom stereocenters. The topological polar surface area (TPSA) is 42.0 Å². The first-order valence-corrected chi connectivity index (χ1v) is 5.74. The number of likely N-dealkylation sites (N-methyl/N-ethyl adjacent to an activating group) is 1. The van der Waals surface area contributed by atoms with Crippen LogP contribution in [-0.2, 0) is 14.3 Å². The van der Waals surface area contributed by atoms with E-state index in [1.807, 2.05) is 25.9 Å². The highest BCUT2D eigenvalue weighted by atomic mass is 16.5. The first-order chi connectivity index (χ1) is 7.65. The summed E-state index contributed by atoms with van der Waals surface area (Å²) in [6.45, 7) is 5.40. The lowest BCUT2D eigenvalue weighted by Crippen LogP contribution is -2.53. The summed E-state index contributed by atoms with van der Waals surface area (Å²) in [5.41, 5.74) is 0. The molecule has 0 aliphatic carbocycles. The van der Waals surface area contributed by atoms with Crippen LogP contribution in [0, 0.1) is 0 Å². The molecule has 0 aromatic rings. The van der Waals surface area contributed by atoms with Crippen LogP contribution in [0.3, 0.4) is 0 Å². The highest BCUT2D eigenvalue weighted by Gasteiger charge is 2.27. The van der Waals surface area contributed by atoms with Crippen molar-refractivity contribution in [3.05, 3.63) is 0 Å². The van der Waals surface area contributed by atoms with Crippen LogP contribution >= 0.6 is 0 Å². The molecule has 16 heavy (non-hydrogen) atoms. The second kappa shape index (κ2) is 6.83. The number of carbonyl (C=O) groups is 1. The maximum Gasteiger partial charge on any atom is 0.249 e. The molecule has 1 saturated heterocycles. The fourth-order valence-corrected chi connectivity index (χ4v) is 1.83. The molecule has 0 radical (unpaired) electrons. The Kier molecular flexibility index (Phi) is 5.73. The highest BCUT2D eigenvalue weighted by Crippen LogP contribution is 2.08. The molecule has 1 amide bonds. The van der Waals surface area contributed by atoms with Gasteiger partial charge in [-0.3, -0.25) is 4.79 Å². The number of rotatable bonds is 5. The molecule has 0 aromatic heterocycles. The number of ether oxygens (including phenoxy) is 2. The Labute approximate surface area is 97.3 Å². The summed E-state index contributed by atoms with van der Waals surface area (Å²) in [4.78, 5) is 15.8. The van der Waals surface area contributed by atoms with E-state index in [2.05, 4.69) is 4.90 Å². The van der Waals surface area contributed by atoms with Crippen molar-refractivity contribution in [1.82, 2.24) is 9.80 Å². The van der Waals surface area contributed by atoms with E-state index in [0.717, 1.165) is 6.54 Å². The van der Waals surface area contributed by atoms with E-state index in [1.54, 1.807) is 0 Å². The number of morpholine rings is 1. The third-order valence-electron chi connectivity index (χ3n) is 2.55. The molecule has 5 heteroatoms. The van der Waals surface area contributed by atoms with Gasteiger partial charge in [0.25, 0.3) is 0 Å². The zero-order valence-electron chi connectivity index (χ0n) is 10.4. The zero-order valence-corrected chi connectivity index (χ0v) is 10.4. The third kappa shape index (κ3) is 4.08. The molecule has 1 heterocycles. The second-order valence-corrected chi connectivity index (χ2v) is 4.22. The number of hydrogen-bond acceptors (Lipinski definition) is 4. The summed E-state index contributed by atoms with van der Waals surface area (Å²) in [7, 11) is 4.00. The van der Waals surface area contributed by atoms with E-state index < -0.39 is 0 Å². The van der Waals surface area contributed by atoms with Crippen molar-refractivity contribution in [2.24, 2.45) is 0 Å². The van der Waals surface area contributed by atoms with Crippen LogP contribution in [0.1, 0.15) is 6.92 Å². The third-order valence-corrected chi connectivity index (χ3v) is 2.55. The van der Waals surface area contributed by atoms with Crippen LogP contribution < -0.4 is 0 Å². The van der Waals surface area contributed by atoms with Gasteiger partial charge in [0.1, 0.15) is 6.61 Å². The van der Waals surface area contributed by atoms with Crippen molar-refractivity contribution >= 4 is 5.91 Å². The lowest BCUT2D eigenvalue weighted by Gasteiger charge is -2.36. The Morgan fingerprint density at radius 1 is 1.56 bits per heavy atom. The molecule has 1 atom stereocenters. The maximum absolute atomic E-state index is 11.9. The second-order valence-electron chi connectivity index (χ2n) is 4.22. The van der Waals surface area contributed by atoms with Crippen molar-refractivity contribution in [3.8, 4) is 0 Å². The highest BCUT2D eigenvalue weighted by molar-refractivity contribution is 5.77. The van der Waals surface area contributed by atoms with E-state index in [-0.39, 0.29) is 18.6 Å². The van der Waals surface area contributed by atoms with Gasteiger partial charge in [-0.15, -0.1) is 0 Å². The largest absolute Gasteiger partial charge is 0.377 e. The van der Waals surface area contributed by atoms with Gasteiger partial charge in [-0.25, -0.2) is 0 Å². The lowest BCUT2D eigenvalue weighted by atomic mass is 10.2. The molecular formula is C11H22N2O3. The van der Waals surface area contributed by atoms with Crippen LogP contribution in [0.25, 0.3) is 0 Å². The molecule has 94 valence electrons. The molecule has 1 fully saturated rings. The van der Waals surface area contributed by atoms with Gasteiger partial charge in [-0.1, -0.05) is 0 Å². The Balaban J connectivity index is 2.48. The summed E-state index contributed by atoms with van der Waals surface area (Å²) in [5, 5.41) is 0. The van der Waals surface area contributed by atoms with Crippen LogP contribution in [0.5, 0.6) is 0 Å². The van der Waals surface area contributed by atoms with Crippen LogP contribution in [0.4, 0.5) is 0 Å². The first kappa shape index (κ1) is 13.4. The van der Waals surface area contributed by atoms with Crippen molar-refractivity contribution in [1.29, 1.82) is 0 Å². The lowest BCUT2D eigenvalue weighted by molar-refractivity contribution is -0.145. The van der Waals surface area contributed by atoms with Gasteiger partial charge >= 0.3 is 0 Å². The molecular weight excluding hydrogens is 208 g/mol. The van der Waals surface area contributed by atoms with Gasteiger partial charge < -0.3 is 19.3 Å². The van der Waals surface area contributed by atoms with Crippen LogP contribution in [0.2, 0.25) is 0 Å². The average molecular weight is 230 g/mol. The van der Waals surface area contributed by atoms with Crippen molar-refractivity contribution in [3.63, 3.8) is 0 Å². The van der Waals surface area contributed by atoms with E-state index in [4.69, 9.17) is 9.47 Å². The molecule has 0 N–H and O–H groups in total. The van der Waals surface area contributed by atoms with E-state index in [9.17, 15) is 4.79 Å². The quantitative estimate of drug-likeness (QED) is 0.656. The first-order valence-electron chi connectivity index (χ1n) is 5.74. The van der Waals surface area contributed by atoms with Gasteiger partial charge in [0.2, 0.25) is 5.91 Å². The SMILES string of the molecule is CCOCC(=O)N1CCOCC1CN(C)C. The standard InChI is InChI=1S/C11H22N2O3/c1-4-15-9-11(14)13-5-6-16-8-10(13)7-12(2)3/h10H,4-9H2,1-3H3. The van der Waals surface area contributed by atoms with Crippen LogP contribution in [-0.4, -0.2) is 75.4 Å². The summed E-state index contributed by atoms with van der Waals surface area (Å²) in [6.07, 6.45) is 0. The minimum absolute atomic E-state index is 0.0667. The summed E-state index contributed by atoms with van der Waals surface area (Å²) in [5.74, 6) is 0.0667. The molecule has 1 aliphatic rings. The number of amides is 1. The van der Waals surface area contributed by atoms with Gasteiger partial charge in [0.05, 0.1) is 19.3 Å². The maximum atomic E-state index is 11.9. The molecule has 0 saturated carbocycles. The molecule has 1 rings (SSSR count). The molecule has 0 spiro atoms. The van der Waals surface area contributed by atoms with Crippen molar-refractivity contribution in [2.75, 3.05) is 53.6 Å². The predicted octanol–water partition coefficient (Wildman–Crippen LogP) is -0.188. The molecule has 1 aliphatic heterocycles. The smallest absolute Gasteiger partial charge is 0.249 e. The summed E-state index contributed by atoms with van der Waals surface area (Å²) >= 11 is 0. The zero-order chi connectivity index (χ0) is 12.0. The fraction of sp³-hybridized carbons (Fsp3) is 0.909. The van der Waals surface area contributed by atoms with Crippen LogP contribution in [0.15, 0.2) is 0 Å². The Hall–Kier alpha value is -0.650. The fourth-order valence-electron chi connectivity index (χ4n) is 1.83. The number of hydrogen-bond donors (Lipinski definition) is 0. The summed E-state index contributed by atoms with van der Waals surface area (Å²) in [6, 6.07) is 0.150. The van der Waals surface area contributed by atoms with Crippen molar-refractivity contribution < 1.29 is 14.3 Å². The van der Waals surface area contributed by atoms with E-state index in [1.165, 1.54) is 0 Å². The molecule has 0 bridgehead atoms. The van der Waals surface area contributed by atoms with Crippen molar-refractivity contribution in [2.45, 2.75) is 13.0 Å². The normalized spacial score (nSPS) is 21.5. The monoisotopic (exact) mass is 230 g/mol. The van der Waals surface area contributed by atoms with Gasteiger partial charge in [-0.05, 0) is 21.0 Å². The number of nitrogens with zero attached hydrogens (tertiary/aromatic N) is 2. The molecule has 5 nitrogen and oxygen atoms in total. The summed E-state index contributed by atoms with van der Waals surface area (Å²) < 4.78 is 10.6. The Morgan fingerprint density at radius 3 is 2.94 bits per heavy atom. The van der Waals surface area contributed by atoms with Gasteiger partial charge in [0, 0.05) is 19.7 Å². The molecule has 0 aromatic carbocycles. The van der Waals surface area contributed by atoms with E-state index >= 15 is 0 Å².